The number of hydrogen-bond acceptors (Lipinski definition) is 5. The molecule has 0 saturated carbocycles. The van der Waals surface area contributed by atoms with Gasteiger partial charge in [-0.25, -0.2) is 22.9 Å². The molecule has 0 aliphatic rings. The van der Waals surface area contributed by atoms with Gasteiger partial charge in [0, 0.05) is 25.0 Å². The van der Waals surface area contributed by atoms with Crippen molar-refractivity contribution in [3.63, 3.8) is 0 Å². The van der Waals surface area contributed by atoms with E-state index in [-0.39, 0.29) is 24.2 Å². The summed E-state index contributed by atoms with van der Waals surface area (Å²) in [4.78, 5) is 50.7. The summed E-state index contributed by atoms with van der Waals surface area (Å²) in [5, 5.41) is -0.411. The topological polar surface area (TPSA) is 103 Å². The molecule has 1 aromatic carbocycles. The summed E-state index contributed by atoms with van der Waals surface area (Å²) in [5.41, 5.74) is -4.54. The third-order valence-corrected chi connectivity index (χ3v) is 4.15. The first kappa shape index (κ1) is 19.2. The molecular weight excluding hydrogens is 376 g/mol. The second kappa shape index (κ2) is 7.22. The van der Waals surface area contributed by atoms with E-state index in [1.807, 2.05) is 0 Å². The first-order chi connectivity index (χ1) is 13.3. The van der Waals surface area contributed by atoms with Crippen LogP contribution in [-0.2, 0) is 11.3 Å². The standard InChI is InChI=1S/C18H15F2N3O5/c1-3-22-8-10(17(26)28-4-2)16(25)9-7-11(19)15(13(20)14(9)22)23-12(24)5-6-21-18(23)27/h5-8H,3-4H2,1-2H3,(H,21,27). The highest BCUT2D eigenvalue weighted by atomic mass is 19.1. The van der Waals surface area contributed by atoms with Crippen molar-refractivity contribution in [2.45, 2.75) is 20.4 Å². The number of nitrogens with one attached hydrogen (secondary N) is 1. The summed E-state index contributed by atoms with van der Waals surface area (Å²) in [6.07, 6.45) is 2.15. The lowest BCUT2D eigenvalue weighted by molar-refractivity contribution is 0.0524. The molecule has 28 heavy (non-hydrogen) atoms. The molecule has 0 bridgehead atoms. The number of ether oxygens (including phenoxy) is 1. The molecule has 8 nitrogen and oxygen atoms in total. The number of aromatic nitrogens is 3. The minimum Gasteiger partial charge on any atom is -0.462 e. The number of H-pyrrole nitrogens is 1. The van der Waals surface area contributed by atoms with Crippen molar-refractivity contribution in [2.75, 3.05) is 6.61 Å². The number of benzene rings is 1. The number of fused-ring (bicyclic) bond motifs is 1. The van der Waals surface area contributed by atoms with Gasteiger partial charge in [0.25, 0.3) is 5.56 Å². The summed E-state index contributed by atoms with van der Waals surface area (Å²) < 4.78 is 36.3. The third kappa shape index (κ3) is 2.92. The van der Waals surface area contributed by atoms with Crippen LogP contribution in [0.5, 0.6) is 0 Å². The van der Waals surface area contributed by atoms with E-state index in [4.69, 9.17) is 4.74 Å². The van der Waals surface area contributed by atoms with Gasteiger partial charge in [-0.05, 0) is 19.9 Å². The van der Waals surface area contributed by atoms with Gasteiger partial charge < -0.3 is 14.3 Å². The maximum atomic E-state index is 15.3. The van der Waals surface area contributed by atoms with Crippen molar-refractivity contribution in [1.29, 1.82) is 0 Å². The van der Waals surface area contributed by atoms with E-state index in [2.05, 4.69) is 4.98 Å². The first-order valence-electron chi connectivity index (χ1n) is 8.35. The van der Waals surface area contributed by atoms with Crippen molar-refractivity contribution < 1.29 is 18.3 Å². The Labute approximate surface area is 155 Å². The van der Waals surface area contributed by atoms with Crippen LogP contribution in [-0.4, -0.2) is 26.7 Å². The maximum Gasteiger partial charge on any atom is 0.343 e. The fourth-order valence-corrected chi connectivity index (χ4v) is 2.92. The van der Waals surface area contributed by atoms with Crippen LogP contribution in [0.3, 0.4) is 0 Å². The van der Waals surface area contributed by atoms with Crippen LogP contribution in [0.15, 0.2) is 38.9 Å². The first-order valence-corrected chi connectivity index (χ1v) is 8.35. The number of nitrogens with zero attached hydrogens (tertiary/aromatic N) is 2. The molecular formula is C18H15F2N3O5. The Kier molecular flexibility index (Phi) is 4.95. The predicted molar refractivity (Wildman–Crippen MR) is 96.0 cm³/mol. The lowest BCUT2D eigenvalue weighted by Crippen LogP contribution is -2.34. The van der Waals surface area contributed by atoms with Crippen LogP contribution < -0.4 is 16.7 Å². The number of rotatable bonds is 4. The lowest BCUT2D eigenvalue weighted by atomic mass is 10.1. The average Bonchev–Trinajstić information content (AvgIpc) is 2.65. The van der Waals surface area contributed by atoms with Gasteiger partial charge in [-0.3, -0.25) is 9.59 Å². The second-order valence-electron chi connectivity index (χ2n) is 5.75. The van der Waals surface area contributed by atoms with Gasteiger partial charge in [-0.15, -0.1) is 0 Å². The molecule has 3 rings (SSSR count). The van der Waals surface area contributed by atoms with Crippen molar-refractivity contribution >= 4 is 16.9 Å². The number of aryl methyl sites for hydroxylation is 1. The number of esters is 1. The normalized spacial score (nSPS) is 11.0. The zero-order valence-corrected chi connectivity index (χ0v) is 14.9. The Morgan fingerprint density at radius 2 is 1.93 bits per heavy atom. The summed E-state index contributed by atoms with van der Waals surface area (Å²) >= 11 is 0. The minimum atomic E-state index is -1.30. The highest BCUT2D eigenvalue weighted by Crippen LogP contribution is 2.24. The third-order valence-electron chi connectivity index (χ3n) is 4.15. The molecule has 3 aromatic rings. The molecule has 2 heterocycles. The van der Waals surface area contributed by atoms with Crippen LogP contribution in [0.2, 0.25) is 0 Å². The molecule has 0 saturated heterocycles. The Morgan fingerprint density at radius 3 is 2.54 bits per heavy atom. The lowest BCUT2D eigenvalue weighted by Gasteiger charge is -2.15. The largest absolute Gasteiger partial charge is 0.462 e. The van der Waals surface area contributed by atoms with E-state index in [9.17, 15) is 23.6 Å². The molecule has 0 aliphatic carbocycles. The highest BCUT2D eigenvalue weighted by molar-refractivity contribution is 5.94. The van der Waals surface area contributed by atoms with E-state index < -0.39 is 45.4 Å². The van der Waals surface area contributed by atoms with Gasteiger partial charge in [-0.2, -0.15) is 0 Å². The molecule has 0 atom stereocenters. The Morgan fingerprint density at radius 1 is 1.21 bits per heavy atom. The number of hydrogen-bond donors (Lipinski definition) is 1. The SMILES string of the molecule is CCOC(=O)c1cn(CC)c2c(F)c(-n3c(=O)cc[nH]c3=O)c(F)cc2c1=O. The van der Waals surface area contributed by atoms with E-state index in [0.717, 1.165) is 18.5 Å². The van der Waals surface area contributed by atoms with E-state index >= 15 is 4.39 Å². The van der Waals surface area contributed by atoms with E-state index in [1.54, 1.807) is 13.8 Å². The zero-order valence-electron chi connectivity index (χ0n) is 14.9. The molecule has 0 fully saturated rings. The summed E-state index contributed by atoms with van der Waals surface area (Å²) in [6.45, 7) is 3.30. The molecule has 2 aromatic heterocycles. The van der Waals surface area contributed by atoms with Gasteiger partial charge in [0.15, 0.2) is 11.6 Å². The summed E-state index contributed by atoms with van der Waals surface area (Å²) in [5.74, 6) is -3.50. The van der Waals surface area contributed by atoms with Crippen molar-refractivity contribution in [3.05, 3.63) is 72.8 Å². The van der Waals surface area contributed by atoms with Gasteiger partial charge in [-0.1, -0.05) is 0 Å². The Bertz CT molecular complexity index is 1240. The summed E-state index contributed by atoms with van der Waals surface area (Å²) in [6, 6.07) is 1.63. The van der Waals surface area contributed by atoms with Crippen LogP contribution in [0.1, 0.15) is 24.2 Å². The average molecular weight is 391 g/mol. The number of pyridine rings is 1. The van der Waals surface area contributed by atoms with Gasteiger partial charge in [0.05, 0.1) is 17.5 Å². The smallest absolute Gasteiger partial charge is 0.343 e. The zero-order chi connectivity index (χ0) is 20.6. The number of aromatic amines is 1. The number of carbonyl (C=O) groups is 1. The molecule has 0 radical (unpaired) electrons. The molecule has 1 N–H and O–H groups in total. The fourth-order valence-electron chi connectivity index (χ4n) is 2.92. The van der Waals surface area contributed by atoms with E-state index in [0.29, 0.717) is 10.6 Å². The Balaban J connectivity index is 2.47. The molecule has 0 amide bonds. The van der Waals surface area contributed by atoms with Crippen molar-refractivity contribution in [1.82, 2.24) is 14.1 Å². The van der Waals surface area contributed by atoms with Crippen molar-refractivity contribution in [3.8, 4) is 5.69 Å². The molecule has 10 heteroatoms. The number of halogens is 2. The molecule has 0 spiro atoms. The summed E-state index contributed by atoms with van der Waals surface area (Å²) in [7, 11) is 0. The Hall–Kier alpha value is -3.56. The minimum absolute atomic E-state index is 0.0177. The van der Waals surface area contributed by atoms with Crippen LogP contribution in [0.4, 0.5) is 8.78 Å². The van der Waals surface area contributed by atoms with E-state index in [1.165, 1.54) is 4.57 Å². The highest BCUT2D eigenvalue weighted by Gasteiger charge is 2.24. The van der Waals surface area contributed by atoms with Crippen LogP contribution in [0, 0.1) is 11.6 Å². The molecule has 0 aliphatic heterocycles. The predicted octanol–water partition coefficient (Wildman–Crippen LogP) is 1.32. The quantitative estimate of drug-likeness (QED) is 0.676. The number of carbonyl (C=O) groups excluding carboxylic acids is 1. The maximum absolute atomic E-state index is 15.3. The molecule has 146 valence electrons. The van der Waals surface area contributed by atoms with Crippen molar-refractivity contribution in [2.24, 2.45) is 0 Å². The van der Waals surface area contributed by atoms with Gasteiger partial charge in [0.2, 0.25) is 5.43 Å². The fraction of sp³-hybridized carbons (Fsp3) is 0.222. The monoisotopic (exact) mass is 391 g/mol. The molecule has 0 unspecified atom stereocenters. The van der Waals surface area contributed by atoms with Crippen LogP contribution >= 0.6 is 0 Å². The van der Waals surface area contributed by atoms with Gasteiger partial charge in [0.1, 0.15) is 11.3 Å². The van der Waals surface area contributed by atoms with Gasteiger partial charge >= 0.3 is 11.7 Å². The second-order valence-corrected chi connectivity index (χ2v) is 5.75. The van der Waals surface area contributed by atoms with Crippen LogP contribution in [0.25, 0.3) is 16.6 Å².